The summed E-state index contributed by atoms with van der Waals surface area (Å²) in [7, 11) is 0. The van der Waals surface area contributed by atoms with E-state index >= 15 is 0 Å². The van der Waals surface area contributed by atoms with Crippen molar-refractivity contribution in [1.82, 2.24) is 14.6 Å². The Kier molecular flexibility index (Phi) is 7.66. The normalized spacial score (nSPS) is 11.4. The molecule has 0 unspecified atom stereocenters. The van der Waals surface area contributed by atoms with E-state index in [4.69, 9.17) is 20.8 Å². The number of para-hydroxylation sites is 1. The highest BCUT2D eigenvalue weighted by Gasteiger charge is 2.12. The monoisotopic (exact) mass is 576 g/mol. The average Bonchev–Trinajstić information content (AvgIpc) is 3.71. The van der Waals surface area contributed by atoms with Crippen LogP contribution in [-0.2, 0) is 13.2 Å². The number of aromatic nitrogens is 2. The van der Waals surface area contributed by atoms with Crippen LogP contribution in [0.4, 0.5) is 0 Å². The number of halogens is 1. The van der Waals surface area contributed by atoms with Crippen LogP contribution in [0.1, 0.15) is 38.8 Å². The fourth-order valence-corrected chi connectivity index (χ4v) is 5.23. The molecule has 0 atom stereocenters. The lowest BCUT2D eigenvalue weighted by Crippen LogP contribution is -2.16. The van der Waals surface area contributed by atoms with E-state index in [1.807, 2.05) is 79.0 Å². The summed E-state index contributed by atoms with van der Waals surface area (Å²) in [6, 6.07) is 31.2. The topological polar surface area (TPSA) is 73.7 Å². The van der Waals surface area contributed by atoms with Gasteiger partial charge in [0.25, 0.3) is 0 Å². The van der Waals surface area contributed by atoms with Crippen LogP contribution in [0.3, 0.4) is 0 Å². The van der Waals surface area contributed by atoms with E-state index in [-0.39, 0.29) is 12.4 Å². The summed E-state index contributed by atoms with van der Waals surface area (Å²) in [5, 5.41) is 5.93. The Hall–Kier alpha value is -5.01. The molecule has 3 heterocycles. The largest absolute Gasteiger partial charge is 0.486 e. The van der Waals surface area contributed by atoms with Gasteiger partial charge in [-0.2, -0.15) is 5.10 Å². The molecule has 0 spiro atoms. The van der Waals surface area contributed by atoms with Crippen LogP contribution >= 0.6 is 11.6 Å². The molecular weight excluding hydrogens is 548 g/mol. The maximum atomic E-state index is 12.7. The number of ether oxygens (including phenoxy) is 1. The standard InChI is InChI=1S/C34H29ClN4O3/c1-23-11-12-24(2)39(23)27-13-15-28(16-14-27)41-22-29-17-18-33(42-29)34(40)37-36-19-26-21-38(32-10-6-4-8-30(26)32)20-25-7-3-5-9-31(25)35/h3-19,21H,20,22H2,1-2H3,(H,37,40)/b36-19+. The van der Waals surface area contributed by atoms with Crippen LogP contribution < -0.4 is 10.2 Å². The number of nitrogens with one attached hydrogen (secondary N) is 1. The highest BCUT2D eigenvalue weighted by Crippen LogP contribution is 2.24. The molecule has 0 fully saturated rings. The predicted molar refractivity (Wildman–Crippen MR) is 166 cm³/mol. The van der Waals surface area contributed by atoms with Crippen LogP contribution in [0.25, 0.3) is 16.6 Å². The molecular formula is C34H29ClN4O3. The minimum atomic E-state index is -0.445. The summed E-state index contributed by atoms with van der Waals surface area (Å²) in [6.07, 6.45) is 3.63. The number of aryl methyl sites for hydroxylation is 2. The highest BCUT2D eigenvalue weighted by molar-refractivity contribution is 6.31. The molecule has 210 valence electrons. The number of nitrogens with zero attached hydrogens (tertiary/aromatic N) is 3. The van der Waals surface area contributed by atoms with Crippen LogP contribution in [-0.4, -0.2) is 21.3 Å². The number of fused-ring (bicyclic) bond motifs is 1. The van der Waals surface area contributed by atoms with Gasteiger partial charge in [0.15, 0.2) is 5.76 Å². The SMILES string of the molecule is Cc1ccc(C)n1-c1ccc(OCc2ccc(C(=O)N/N=C/c3cn(Cc4ccccc4Cl)c4ccccc34)o2)cc1. The summed E-state index contributed by atoms with van der Waals surface area (Å²) >= 11 is 6.39. The molecule has 1 N–H and O–H groups in total. The van der Waals surface area contributed by atoms with Crippen LogP contribution in [0.15, 0.2) is 113 Å². The first kappa shape index (κ1) is 27.2. The lowest BCUT2D eigenvalue weighted by atomic mass is 10.2. The van der Waals surface area contributed by atoms with Gasteiger partial charge in [0.2, 0.25) is 0 Å². The Labute approximate surface area is 248 Å². The minimum Gasteiger partial charge on any atom is -0.486 e. The quantitative estimate of drug-likeness (QED) is 0.142. The molecule has 6 aromatic rings. The van der Waals surface area contributed by atoms with Gasteiger partial charge in [0.05, 0.1) is 6.21 Å². The van der Waals surface area contributed by atoms with E-state index in [9.17, 15) is 4.79 Å². The Morgan fingerprint density at radius 2 is 1.67 bits per heavy atom. The number of amides is 1. The van der Waals surface area contributed by atoms with E-state index in [2.05, 4.69) is 45.6 Å². The van der Waals surface area contributed by atoms with Gasteiger partial charge >= 0.3 is 5.91 Å². The van der Waals surface area contributed by atoms with Crippen molar-refractivity contribution >= 4 is 34.6 Å². The van der Waals surface area contributed by atoms with Crippen molar-refractivity contribution in [3.05, 3.63) is 142 Å². The van der Waals surface area contributed by atoms with Crippen molar-refractivity contribution < 1.29 is 13.9 Å². The molecule has 0 saturated heterocycles. The Morgan fingerprint density at radius 1 is 0.929 bits per heavy atom. The molecule has 0 aliphatic carbocycles. The maximum Gasteiger partial charge on any atom is 0.307 e. The summed E-state index contributed by atoms with van der Waals surface area (Å²) < 4.78 is 15.9. The third-order valence-electron chi connectivity index (χ3n) is 7.12. The van der Waals surface area contributed by atoms with Crippen molar-refractivity contribution in [2.24, 2.45) is 5.10 Å². The lowest BCUT2D eigenvalue weighted by Gasteiger charge is -2.10. The second kappa shape index (κ2) is 11.8. The predicted octanol–water partition coefficient (Wildman–Crippen LogP) is 7.69. The van der Waals surface area contributed by atoms with Crippen molar-refractivity contribution in [3.8, 4) is 11.4 Å². The summed E-state index contributed by atoms with van der Waals surface area (Å²) in [5.41, 5.74) is 8.92. The average molecular weight is 577 g/mol. The smallest absolute Gasteiger partial charge is 0.307 e. The molecule has 6 rings (SSSR count). The van der Waals surface area contributed by atoms with E-state index in [1.165, 1.54) is 11.4 Å². The molecule has 42 heavy (non-hydrogen) atoms. The fourth-order valence-electron chi connectivity index (χ4n) is 5.03. The first-order valence-corrected chi connectivity index (χ1v) is 14.0. The zero-order chi connectivity index (χ0) is 29.1. The number of furan rings is 1. The molecule has 3 aromatic heterocycles. The Bertz CT molecular complexity index is 1880. The Morgan fingerprint density at radius 3 is 2.45 bits per heavy atom. The first-order valence-electron chi connectivity index (χ1n) is 13.6. The molecule has 0 aliphatic heterocycles. The number of carbonyl (C=O) groups excluding carboxylic acids is 1. The second-order valence-corrected chi connectivity index (χ2v) is 10.4. The van der Waals surface area contributed by atoms with Gasteiger partial charge in [-0.1, -0.05) is 48.0 Å². The molecule has 0 bridgehead atoms. The fraction of sp³-hybridized carbons (Fsp3) is 0.118. The Balaban J connectivity index is 1.07. The summed E-state index contributed by atoms with van der Waals surface area (Å²) in [5.74, 6) is 0.954. The van der Waals surface area contributed by atoms with E-state index in [1.54, 1.807) is 18.3 Å². The number of rotatable bonds is 9. The van der Waals surface area contributed by atoms with Gasteiger partial charge in [0, 0.05) is 51.3 Å². The lowest BCUT2D eigenvalue weighted by molar-refractivity contribution is 0.0923. The third-order valence-corrected chi connectivity index (χ3v) is 7.49. The molecule has 0 aliphatic rings. The molecule has 3 aromatic carbocycles. The van der Waals surface area contributed by atoms with E-state index < -0.39 is 5.91 Å². The van der Waals surface area contributed by atoms with Gasteiger partial charge < -0.3 is 18.3 Å². The third kappa shape index (κ3) is 5.73. The number of hydrogen-bond acceptors (Lipinski definition) is 4. The van der Waals surface area contributed by atoms with Crippen molar-refractivity contribution in [1.29, 1.82) is 0 Å². The van der Waals surface area contributed by atoms with Gasteiger partial charge in [0.1, 0.15) is 18.1 Å². The molecule has 1 amide bonds. The molecule has 8 heteroatoms. The van der Waals surface area contributed by atoms with Crippen molar-refractivity contribution in [3.63, 3.8) is 0 Å². The van der Waals surface area contributed by atoms with Gasteiger partial charge in [-0.15, -0.1) is 0 Å². The minimum absolute atomic E-state index is 0.154. The van der Waals surface area contributed by atoms with Crippen LogP contribution in [0, 0.1) is 13.8 Å². The number of benzene rings is 3. The molecule has 0 saturated carbocycles. The highest BCUT2D eigenvalue weighted by atomic mass is 35.5. The number of hydrogen-bond donors (Lipinski definition) is 1. The molecule has 0 radical (unpaired) electrons. The number of hydrazone groups is 1. The zero-order valence-electron chi connectivity index (χ0n) is 23.3. The van der Waals surface area contributed by atoms with Crippen molar-refractivity contribution in [2.45, 2.75) is 27.0 Å². The van der Waals surface area contributed by atoms with E-state index in [0.29, 0.717) is 18.1 Å². The van der Waals surface area contributed by atoms with E-state index in [0.717, 1.165) is 32.7 Å². The maximum absolute atomic E-state index is 12.7. The van der Waals surface area contributed by atoms with Gasteiger partial charge in [-0.25, -0.2) is 5.43 Å². The molecule has 7 nitrogen and oxygen atoms in total. The van der Waals surface area contributed by atoms with Crippen LogP contribution in [0.5, 0.6) is 5.75 Å². The van der Waals surface area contributed by atoms with Crippen LogP contribution in [0.2, 0.25) is 5.02 Å². The van der Waals surface area contributed by atoms with Gasteiger partial charge in [-0.3, -0.25) is 4.79 Å². The first-order chi connectivity index (χ1) is 20.5. The summed E-state index contributed by atoms with van der Waals surface area (Å²) in [6.45, 7) is 4.97. The van der Waals surface area contributed by atoms with Crippen molar-refractivity contribution in [2.75, 3.05) is 0 Å². The zero-order valence-corrected chi connectivity index (χ0v) is 24.0. The summed E-state index contributed by atoms with van der Waals surface area (Å²) in [4.78, 5) is 12.7. The second-order valence-electron chi connectivity index (χ2n) is 10.0. The van der Waals surface area contributed by atoms with Gasteiger partial charge in [-0.05, 0) is 80.1 Å². The number of carbonyl (C=O) groups is 1.